The summed E-state index contributed by atoms with van der Waals surface area (Å²) in [6, 6.07) is 10.4. The number of ketones is 1. The van der Waals surface area contributed by atoms with Crippen LogP contribution < -0.4 is 21.3 Å². The molecule has 5 N–H and O–H groups in total. The minimum Gasteiger partial charge on any atom is -0.480 e. The maximum atomic E-state index is 13.7. The molecule has 16 heteroatoms. The lowest BCUT2D eigenvalue weighted by molar-refractivity contribution is -0.158. The van der Waals surface area contributed by atoms with Crippen molar-refractivity contribution in [3.05, 3.63) is 48.0 Å². The number of hydrogen-bond acceptors (Lipinski definition) is 11. The molecule has 0 aliphatic heterocycles. The van der Waals surface area contributed by atoms with Crippen LogP contribution in [-0.2, 0) is 49.5 Å². The van der Waals surface area contributed by atoms with Crippen molar-refractivity contribution in [3.63, 3.8) is 0 Å². The molecule has 2 aromatic rings. The Morgan fingerprint density at radius 1 is 0.790 bits per heavy atom. The van der Waals surface area contributed by atoms with E-state index in [1.54, 1.807) is 41.5 Å². The van der Waals surface area contributed by atoms with Crippen molar-refractivity contribution in [1.29, 1.82) is 0 Å². The number of hydrogen-bond donors (Lipinski definition) is 5. The van der Waals surface area contributed by atoms with Crippen LogP contribution in [0.5, 0.6) is 0 Å². The number of esters is 2. The smallest absolute Gasteiger partial charge is 0.329 e. The van der Waals surface area contributed by atoms with Crippen LogP contribution in [0.15, 0.2) is 42.5 Å². The van der Waals surface area contributed by atoms with Crippen molar-refractivity contribution < 1.29 is 52.9 Å². The zero-order valence-electron chi connectivity index (χ0n) is 37.3. The number of unbranched alkanes of at least 4 members (excludes halogenated alkanes) is 1. The number of thioether (sulfide) groups is 1. The second kappa shape index (κ2) is 24.6. The second-order valence-corrected chi connectivity index (χ2v) is 19.2. The average Bonchev–Trinajstić information content (AvgIpc) is 3.18. The van der Waals surface area contributed by atoms with Gasteiger partial charge < -0.3 is 35.8 Å². The molecule has 62 heavy (non-hydrogen) atoms. The Bertz CT molecular complexity index is 1880. The third kappa shape index (κ3) is 19.8. The Morgan fingerprint density at radius 3 is 2.06 bits per heavy atom. The van der Waals surface area contributed by atoms with Gasteiger partial charge in [0, 0.05) is 44.7 Å². The van der Waals surface area contributed by atoms with E-state index in [9.17, 15) is 43.5 Å². The molecule has 1 aliphatic carbocycles. The van der Waals surface area contributed by atoms with Crippen LogP contribution in [0.25, 0.3) is 10.8 Å². The van der Waals surface area contributed by atoms with Crippen molar-refractivity contribution in [1.82, 2.24) is 21.3 Å². The highest BCUT2D eigenvalue weighted by atomic mass is 32.2. The lowest BCUT2D eigenvalue weighted by atomic mass is 9.77. The van der Waals surface area contributed by atoms with Crippen molar-refractivity contribution >= 4 is 69.2 Å². The third-order valence-electron chi connectivity index (χ3n) is 10.3. The van der Waals surface area contributed by atoms with Gasteiger partial charge in [0.1, 0.15) is 29.1 Å². The van der Waals surface area contributed by atoms with Crippen LogP contribution in [0, 0.1) is 17.8 Å². The summed E-state index contributed by atoms with van der Waals surface area (Å²) in [4.78, 5) is 101. The minimum absolute atomic E-state index is 0.0242. The maximum Gasteiger partial charge on any atom is 0.329 e. The molecular formula is C46H66N4O11S. The van der Waals surface area contributed by atoms with Gasteiger partial charge in [-0.2, -0.15) is 0 Å². The van der Waals surface area contributed by atoms with Crippen molar-refractivity contribution in [2.45, 2.75) is 142 Å². The van der Waals surface area contributed by atoms with Crippen LogP contribution >= 0.6 is 11.8 Å². The fourth-order valence-electron chi connectivity index (χ4n) is 7.20. The first-order valence-corrected chi connectivity index (χ1v) is 22.5. The summed E-state index contributed by atoms with van der Waals surface area (Å²) in [6.07, 6.45) is 3.69. The number of urea groups is 1. The number of ether oxygens (including phenoxy) is 2. The number of benzene rings is 2. The van der Waals surface area contributed by atoms with Crippen molar-refractivity contribution in [2.24, 2.45) is 17.8 Å². The molecule has 1 saturated carbocycles. The van der Waals surface area contributed by atoms with E-state index in [1.807, 2.05) is 42.5 Å². The molecule has 1 fully saturated rings. The average molecular weight is 883 g/mol. The number of aliphatic carboxylic acids is 1. The van der Waals surface area contributed by atoms with E-state index in [2.05, 4.69) is 21.3 Å². The fourth-order valence-corrected chi connectivity index (χ4v) is 7.64. The van der Waals surface area contributed by atoms with E-state index < -0.39 is 53.1 Å². The van der Waals surface area contributed by atoms with Crippen LogP contribution in [0.1, 0.15) is 118 Å². The molecule has 2 aromatic carbocycles. The second-order valence-electron chi connectivity index (χ2n) is 18.1. The first kappa shape index (κ1) is 51.4. The molecule has 3 rings (SSSR count). The van der Waals surface area contributed by atoms with Crippen molar-refractivity contribution in [2.75, 3.05) is 18.8 Å². The van der Waals surface area contributed by atoms with Gasteiger partial charge in [-0.3, -0.25) is 24.0 Å². The van der Waals surface area contributed by atoms with E-state index in [1.165, 1.54) is 6.92 Å². The zero-order chi connectivity index (χ0) is 46.0. The number of carboxylic acids is 1. The standard InChI is InChI=1S/C46H66N4O11S/c1-29(51)62-28-39(53)48-27-30-15-19-33(20-16-30)38(52)26-35(25-31-17-18-32-12-8-9-13-34(32)24-31)41(55)47-23-11-10-14-36(42(56)57)49-44(59)50-37(43(58)61-46(5,6)7)21-22-40(54)60-45(2,3)4/h8-9,12-13,17-18,24,30,33,35-37H,10-11,14-16,19-23,25-28H2,1-7H3,(H,47,55)(H,48,53)(H,56,57)(H2,49,50,59)/t30?,33?,35?,36?,37-/m0/s1. The van der Waals surface area contributed by atoms with Gasteiger partial charge in [0.05, 0.1) is 5.75 Å². The predicted octanol–water partition coefficient (Wildman–Crippen LogP) is 6.03. The van der Waals surface area contributed by atoms with E-state index in [0.29, 0.717) is 38.6 Å². The first-order chi connectivity index (χ1) is 29.1. The molecule has 15 nitrogen and oxygen atoms in total. The summed E-state index contributed by atoms with van der Waals surface area (Å²) in [6.45, 7) is 12.2. The molecule has 0 heterocycles. The third-order valence-corrected chi connectivity index (χ3v) is 11.1. The summed E-state index contributed by atoms with van der Waals surface area (Å²) in [7, 11) is 0. The predicted molar refractivity (Wildman–Crippen MR) is 237 cm³/mol. The van der Waals surface area contributed by atoms with Gasteiger partial charge in [-0.1, -0.05) is 54.2 Å². The number of nitrogens with one attached hydrogen (secondary N) is 4. The number of Topliss-reactive ketones (excluding diaryl/α,β-unsaturated/α-hetero) is 1. The van der Waals surface area contributed by atoms with Crippen LogP contribution in [0.2, 0.25) is 0 Å². The van der Waals surface area contributed by atoms with E-state index >= 15 is 0 Å². The number of amides is 4. The normalized spacial score (nSPS) is 16.8. The molecule has 4 amide bonds. The largest absolute Gasteiger partial charge is 0.480 e. The zero-order valence-corrected chi connectivity index (χ0v) is 38.1. The van der Waals surface area contributed by atoms with Gasteiger partial charge in [0.25, 0.3) is 0 Å². The molecule has 0 aromatic heterocycles. The van der Waals surface area contributed by atoms with Crippen LogP contribution in [0.4, 0.5) is 4.79 Å². The van der Waals surface area contributed by atoms with Crippen LogP contribution in [-0.4, -0.2) is 93.9 Å². The number of carbonyl (C=O) groups excluding carboxylic acids is 7. The number of rotatable bonds is 22. The van der Waals surface area contributed by atoms with Gasteiger partial charge in [-0.05, 0) is 122 Å². The molecule has 3 atom stereocenters. The molecule has 342 valence electrons. The molecule has 1 aliphatic rings. The number of fused-ring (bicyclic) bond motifs is 1. The Morgan fingerprint density at radius 2 is 1.44 bits per heavy atom. The lowest BCUT2D eigenvalue weighted by Gasteiger charge is -2.28. The minimum atomic E-state index is -1.31. The molecule has 0 bridgehead atoms. The summed E-state index contributed by atoms with van der Waals surface area (Å²) < 4.78 is 10.7. The SMILES string of the molecule is CC(=O)SCC(=O)NCC1CCC(C(=O)CC(Cc2ccc3ccccc3c2)C(=O)NCCCCC(NC(=O)N[C@@H](CCC(=O)OC(C)(C)C)C(=O)OC(C)(C)C)C(=O)O)CC1. The molecule has 2 unspecified atom stereocenters. The molecular weight excluding hydrogens is 817 g/mol. The van der Waals surface area contributed by atoms with Gasteiger partial charge in [-0.25, -0.2) is 14.4 Å². The summed E-state index contributed by atoms with van der Waals surface area (Å²) in [5.41, 5.74) is -0.709. The van der Waals surface area contributed by atoms with Gasteiger partial charge in [0.15, 0.2) is 5.12 Å². The summed E-state index contributed by atoms with van der Waals surface area (Å²) in [5.74, 6) is -3.59. The quantitative estimate of drug-likeness (QED) is 0.0676. The van der Waals surface area contributed by atoms with Crippen LogP contribution in [0.3, 0.4) is 0 Å². The first-order valence-electron chi connectivity index (χ1n) is 21.5. The molecule has 0 radical (unpaired) electrons. The monoisotopic (exact) mass is 882 g/mol. The molecule has 0 spiro atoms. The Labute approximate surface area is 369 Å². The topological polar surface area (TPSA) is 223 Å². The Hall–Kier alpha value is -4.99. The Balaban J connectivity index is 1.56. The van der Waals surface area contributed by atoms with Gasteiger partial charge in [-0.15, -0.1) is 0 Å². The molecule has 0 saturated heterocycles. The van der Waals surface area contributed by atoms with Gasteiger partial charge in [0.2, 0.25) is 11.8 Å². The fraction of sp³-hybridized carbons (Fsp3) is 0.609. The van der Waals surface area contributed by atoms with E-state index in [4.69, 9.17) is 9.47 Å². The highest BCUT2D eigenvalue weighted by Crippen LogP contribution is 2.31. The van der Waals surface area contributed by atoms with E-state index in [0.717, 1.165) is 40.9 Å². The summed E-state index contributed by atoms with van der Waals surface area (Å²) >= 11 is 0.968. The number of carbonyl (C=O) groups is 8. The Kier molecular flexibility index (Phi) is 20.4. The lowest BCUT2D eigenvalue weighted by Crippen LogP contribution is -2.52. The van der Waals surface area contributed by atoms with E-state index in [-0.39, 0.29) is 72.5 Å². The van der Waals surface area contributed by atoms with Crippen molar-refractivity contribution in [3.8, 4) is 0 Å². The summed E-state index contributed by atoms with van der Waals surface area (Å²) in [5, 5.41) is 22.6. The highest BCUT2D eigenvalue weighted by molar-refractivity contribution is 8.14. The highest BCUT2D eigenvalue weighted by Gasteiger charge is 2.32. The maximum absolute atomic E-state index is 13.7. The number of carboxylic acid groups (broad SMARTS) is 1. The van der Waals surface area contributed by atoms with Gasteiger partial charge >= 0.3 is 23.9 Å².